The van der Waals surface area contributed by atoms with Crippen molar-refractivity contribution in [3.8, 4) is 0 Å². The van der Waals surface area contributed by atoms with Gasteiger partial charge in [0.25, 0.3) is 0 Å². The zero-order valence-electron chi connectivity index (χ0n) is 12.3. The number of hydrogen-bond acceptors (Lipinski definition) is 6. The maximum Gasteiger partial charge on any atom is 0.183 e. The molecule has 20 heavy (non-hydrogen) atoms. The summed E-state index contributed by atoms with van der Waals surface area (Å²) in [7, 11) is 0. The van der Waals surface area contributed by atoms with Crippen LogP contribution in [0.4, 0.5) is 0 Å². The number of carbonyl (C=O) groups is 1. The predicted molar refractivity (Wildman–Crippen MR) is 76.4 cm³/mol. The Morgan fingerprint density at radius 1 is 1.00 bits per heavy atom. The topological polar surface area (TPSA) is 110 Å². The van der Waals surface area contributed by atoms with Gasteiger partial charge in [-0.3, -0.25) is 4.79 Å². The Morgan fingerprint density at radius 3 is 2.15 bits per heavy atom. The van der Waals surface area contributed by atoms with Crippen molar-refractivity contribution in [2.45, 2.75) is 63.7 Å². The van der Waals surface area contributed by atoms with Gasteiger partial charge in [0, 0.05) is 0 Å². The second-order valence-electron chi connectivity index (χ2n) is 5.05. The van der Waals surface area contributed by atoms with Gasteiger partial charge in [-0.2, -0.15) is 0 Å². The fourth-order valence-corrected chi connectivity index (χ4v) is 1.93. The molecule has 0 rings (SSSR count). The summed E-state index contributed by atoms with van der Waals surface area (Å²) in [4.78, 5) is 11.7. The number of Topliss-reactive ketones (excluding diaryl/α,β-unsaturated/α-hetero) is 1. The van der Waals surface area contributed by atoms with Crippen LogP contribution in [-0.2, 0) is 4.79 Å². The molecule has 5 N–H and O–H groups in total. The molecular formula is C14H29NO5. The summed E-state index contributed by atoms with van der Waals surface area (Å²) in [5, 5.41) is 39.4. The van der Waals surface area contributed by atoms with Gasteiger partial charge in [-0.05, 0) is 13.0 Å². The lowest BCUT2D eigenvalue weighted by molar-refractivity contribution is -0.137. The number of unbranched alkanes of at least 4 members (excludes halogenated alkanes) is 5. The first-order valence-corrected chi connectivity index (χ1v) is 7.43. The summed E-state index contributed by atoms with van der Waals surface area (Å²) < 4.78 is 0. The van der Waals surface area contributed by atoms with Crippen LogP contribution >= 0.6 is 0 Å². The molecule has 0 fully saturated rings. The minimum atomic E-state index is -1.67. The highest BCUT2D eigenvalue weighted by Crippen LogP contribution is 2.05. The van der Waals surface area contributed by atoms with Crippen LogP contribution in [0.25, 0.3) is 0 Å². The number of hydrogen-bond donors (Lipinski definition) is 5. The van der Waals surface area contributed by atoms with Gasteiger partial charge in [-0.1, -0.05) is 39.0 Å². The summed E-state index contributed by atoms with van der Waals surface area (Å²) >= 11 is 0. The maximum atomic E-state index is 11.7. The molecule has 0 radical (unpaired) electrons. The molecular weight excluding hydrogens is 262 g/mol. The first-order valence-electron chi connectivity index (χ1n) is 7.43. The molecule has 0 heterocycles. The molecule has 0 aliphatic rings. The Bertz CT molecular complexity index is 250. The van der Waals surface area contributed by atoms with E-state index in [1.165, 1.54) is 19.3 Å². The second-order valence-corrected chi connectivity index (χ2v) is 5.05. The largest absolute Gasteiger partial charge is 0.394 e. The summed E-state index contributed by atoms with van der Waals surface area (Å²) in [6, 6.07) is -0.901. The average molecular weight is 291 g/mol. The summed E-state index contributed by atoms with van der Waals surface area (Å²) in [5.74, 6) is -0.694. The van der Waals surface area contributed by atoms with Crippen LogP contribution in [0.1, 0.15) is 45.4 Å². The third-order valence-corrected chi connectivity index (χ3v) is 3.29. The molecule has 0 unspecified atom stereocenters. The Kier molecular flexibility index (Phi) is 11.9. The van der Waals surface area contributed by atoms with Crippen LogP contribution in [0, 0.1) is 0 Å². The number of aliphatic hydroxyl groups excluding tert-OH is 4. The lowest BCUT2D eigenvalue weighted by Gasteiger charge is -2.21. The minimum absolute atomic E-state index is 0.441. The van der Waals surface area contributed by atoms with E-state index in [1.54, 1.807) is 0 Å². The number of nitrogens with one attached hydrogen (secondary N) is 1. The molecule has 6 nitrogen and oxygen atoms in total. The van der Waals surface area contributed by atoms with E-state index in [1.807, 2.05) is 0 Å². The third-order valence-electron chi connectivity index (χ3n) is 3.29. The summed E-state index contributed by atoms with van der Waals surface area (Å²) in [6.45, 7) is 1.60. The molecule has 6 heteroatoms. The van der Waals surface area contributed by atoms with E-state index in [4.69, 9.17) is 10.2 Å². The van der Waals surface area contributed by atoms with Crippen molar-refractivity contribution in [3.05, 3.63) is 0 Å². The van der Waals surface area contributed by atoms with E-state index in [2.05, 4.69) is 12.2 Å². The Labute approximate surface area is 120 Å². The van der Waals surface area contributed by atoms with Crippen LogP contribution in [0.2, 0.25) is 0 Å². The van der Waals surface area contributed by atoms with E-state index < -0.39 is 37.2 Å². The van der Waals surface area contributed by atoms with Crippen LogP contribution in [0.5, 0.6) is 0 Å². The maximum absolute atomic E-state index is 11.7. The molecule has 0 saturated heterocycles. The average Bonchev–Trinajstić information content (AvgIpc) is 2.48. The van der Waals surface area contributed by atoms with Gasteiger partial charge >= 0.3 is 0 Å². The molecule has 3 atom stereocenters. The van der Waals surface area contributed by atoms with E-state index >= 15 is 0 Å². The van der Waals surface area contributed by atoms with Gasteiger partial charge in [0.05, 0.1) is 19.3 Å². The fourth-order valence-electron chi connectivity index (χ4n) is 1.93. The quantitative estimate of drug-likeness (QED) is 0.295. The van der Waals surface area contributed by atoms with Crippen LogP contribution in [-0.4, -0.2) is 64.2 Å². The van der Waals surface area contributed by atoms with Crippen molar-refractivity contribution in [3.63, 3.8) is 0 Å². The third kappa shape index (κ3) is 7.91. The van der Waals surface area contributed by atoms with Gasteiger partial charge in [0.1, 0.15) is 12.2 Å². The predicted octanol–water partition coefficient (Wildman–Crippen LogP) is -0.419. The van der Waals surface area contributed by atoms with Crippen LogP contribution in [0.3, 0.4) is 0 Å². The highest BCUT2D eigenvalue weighted by atomic mass is 16.4. The first kappa shape index (κ1) is 19.5. The molecule has 0 aromatic rings. The van der Waals surface area contributed by atoms with Crippen LogP contribution < -0.4 is 5.32 Å². The van der Waals surface area contributed by atoms with E-state index in [-0.39, 0.29) is 0 Å². The molecule has 0 aliphatic heterocycles. The number of rotatable bonds is 13. The molecule has 0 aliphatic carbocycles. The molecule has 0 bridgehead atoms. The van der Waals surface area contributed by atoms with Gasteiger partial charge in [0.2, 0.25) is 0 Å². The highest BCUT2D eigenvalue weighted by molar-refractivity contribution is 5.88. The fraction of sp³-hybridized carbons (Fsp3) is 0.929. The Hall–Kier alpha value is -0.530. The molecule has 0 aromatic heterocycles. The van der Waals surface area contributed by atoms with Crippen LogP contribution in [0.15, 0.2) is 0 Å². The van der Waals surface area contributed by atoms with E-state index in [0.717, 1.165) is 19.3 Å². The number of aliphatic hydroxyl groups is 4. The van der Waals surface area contributed by atoms with Gasteiger partial charge < -0.3 is 25.7 Å². The summed E-state index contributed by atoms with van der Waals surface area (Å²) in [5.41, 5.74) is 0. The van der Waals surface area contributed by atoms with E-state index in [0.29, 0.717) is 6.54 Å². The Balaban J connectivity index is 3.88. The van der Waals surface area contributed by atoms with Crippen molar-refractivity contribution >= 4 is 5.78 Å². The Morgan fingerprint density at radius 2 is 1.60 bits per heavy atom. The highest BCUT2D eigenvalue weighted by Gasteiger charge is 2.29. The second kappa shape index (κ2) is 12.2. The number of ketones is 1. The lowest BCUT2D eigenvalue weighted by atomic mass is 10.0. The zero-order chi connectivity index (χ0) is 15.4. The van der Waals surface area contributed by atoms with Gasteiger partial charge in [-0.15, -0.1) is 0 Å². The lowest BCUT2D eigenvalue weighted by Crippen LogP contribution is -2.49. The smallest absolute Gasteiger partial charge is 0.183 e. The number of carbonyl (C=O) groups excluding carboxylic acids is 1. The SMILES string of the molecule is CCCCCCCCN[C@@H](CO)C(=O)[C@H](O)[C@H](O)CO. The monoisotopic (exact) mass is 291 g/mol. The van der Waals surface area contributed by atoms with Crippen molar-refractivity contribution in [2.75, 3.05) is 19.8 Å². The molecule has 0 saturated carbocycles. The zero-order valence-corrected chi connectivity index (χ0v) is 12.3. The first-order chi connectivity index (χ1) is 9.58. The normalized spacial score (nSPS) is 15.8. The van der Waals surface area contributed by atoms with Crippen molar-refractivity contribution in [1.82, 2.24) is 5.32 Å². The van der Waals surface area contributed by atoms with Crippen molar-refractivity contribution in [2.24, 2.45) is 0 Å². The minimum Gasteiger partial charge on any atom is -0.394 e. The standard InChI is InChI=1S/C14H29NO5/c1-2-3-4-5-6-7-8-15-11(9-16)13(19)14(20)12(18)10-17/h11-12,14-18,20H,2-10H2,1H3/t11-,12+,14+/m0/s1. The van der Waals surface area contributed by atoms with E-state index in [9.17, 15) is 15.0 Å². The van der Waals surface area contributed by atoms with Gasteiger partial charge in [-0.25, -0.2) is 0 Å². The molecule has 0 aromatic carbocycles. The molecule has 0 spiro atoms. The van der Waals surface area contributed by atoms with Crippen molar-refractivity contribution in [1.29, 1.82) is 0 Å². The molecule has 0 amide bonds. The van der Waals surface area contributed by atoms with Gasteiger partial charge in [0.15, 0.2) is 5.78 Å². The van der Waals surface area contributed by atoms with Crippen molar-refractivity contribution < 1.29 is 25.2 Å². The molecule has 120 valence electrons. The summed E-state index contributed by atoms with van der Waals surface area (Å²) in [6.07, 6.45) is 3.56.